The number of piperazine rings is 1. The van der Waals surface area contributed by atoms with Crippen molar-refractivity contribution < 1.29 is 4.74 Å². The van der Waals surface area contributed by atoms with Gasteiger partial charge in [0.25, 0.3) is 0 Å². The Kier molecular flexibility index (Phi) is 3.83. The molecular formula is C20H21N3OS. The lowest BCUT2D eigenvalue weighted by atomic mass is 10.1. The Morgan fingerprint density at radius 1 is 1.04 bits per heavy atom. The maximum atomic E-state index is 5.61. The van der Waals surface area contributed by atoms with Gasteiger partial charge in [-0.25, -0.2) is 4.98 Å². The zero-order valence-corrected chi connectivity index (χ0v) is 15.0. The first-order chi connectivity index (χ1) is 12.3. The van der Waals surface area contributed by atoms with Crippen LogP contribution in [0.5, 0.6) is 5.75 Å². The number of hydrogen-bond acceptors (Lipinski definition) is 5. The predicted molar refractivity (Wildman–Crippen MR) is 103 cm³/mol. The first-order valence-electron chi connectivity index (χ1n) is 8.93. The van der Waals surface area contributed by atoms with Gasteiger partial charge in [0.1, 0.15) is 5.75 Å². The number of rotatable bonds is 3. The third kappa shape index (κ3) is 2.98. The fourth-order valence-corrected chi connectivity index (χ4v) is 4.71. The molecule has 5 heteroatoms. The molecule has 0 radical (unpaired) electrons. The van der Waals surface area contributed by atoms with Crippen LogP contribution in [-0.4, -0.2) is 42.7 Å². The highest BCUT2D eigenvalue weighted by molar-refractivity contribution is 7.22. The maximum absolute atomic E-state index is 5.61. The van der Waals surface area contributed by atoms with Crippen LogP contribution in [0.4, 0.5) is 5.13 Å². The van der Waals surface area contributed by atoms with E-state index in [2.05, 4.69) is 52.3 Å². The quantitative estimate of drug-likeness (QED) is 0.721. The average molecular weight is 351 g/mol. The Labute approximate surface area is 151 Å². The van der Waals surface area contributed by atoms with E-state index in [0.717, 1.165) is 62.1 Å². The number of aromatic nitrogens is 1. The molecule has 1 fully saturated rings. The summed E-state index contributed by atoms with van der Waals surface area (Å²) < 4.78 is 6.88. The van der Waals surface area contributed by atoms with Crippen molar-refractivity contribution in [2.45, 2.75) is 13.0 Å². The van der Waals surface area contributed by atoms with Crippen LogP contribution in [-0.2, 0) is 13.0 Å². The molecule has 0 amide bonds. The third-order valence-corrected chi connectivity index (χ3v) is 6.18. The van der Waals surface area contributed by atoms with Crippen LogP contribution in [0.25, 0.3) is 10.2 Å². The lowest BCUT2D eigenvalue weighted by Gasteiger charge is -2.34. The molecule has 0 bridgehead atoms. The molecule has 0 spiro atoms. The predicted octanol–water partition coefficient (Wildman–Crippen LogP) is 3.55. The summed E-state index contributed by atoms with van der Waals surface area (Å²) in [5, 5.41) is 1.16. The zero-order chi connectivity index (χ0) is 16.6. The third-order valence-electron chi connectivity index (χ3n) is 5.09. The molecule has 0 unspecified atom stereocenters. The Balaban J connectivity index is 1.23. The van der Waals surface area contributed by atoms with Crippen LogP contribution >= 0.6 is 11.3 Å². The summed E-state index contributed by atoms with van der Waals surface area (Å²) in [4.78, 5) is 9.77. The minimum absolute atomic E-state index is 0.833. The molecular weight excluding hydrogens is 330 g/mol. The van der Waals surface area contributed by atoms with Crippen LogP contribution in [0.15, 0.2) is 42.5 Å². The molecule has 2 aliphatic rings. The van der Waals surface area contributed by atoms with E-state index in [1.807, 2.05) is 0 Å². The number of benzene rings is 2. The normalized spacial score (nSPS) is 17.7. The Morgan fingerprint density at radius 2 is 1.92 bits per heavy atom. The van der Waals surface area contributed by atoms with E-state index < -0.39 is 0 Å². The van der Waals surface area contributed by atoms with Crippen LogP contribution in [0.3, 0.4) is 0 Å². The number of para-hydroxylation sites is 1. The number of ether oxygens (including phenoxy) is 1. The summed E-state index contributed by atoms with van der Waals surface area (Å²) in [6, 6.07) is 15.1. The monoisotopic (exact) mass is 351 g/mol. The fraction of sp³-hybridized carbons (Fsp3) is 0.350. The molecule has 4 nitrogen and oxygen atoms in total. The topological polar surface area (TPSA) is 28.6 Å². The van der Waals surface area contributed by atoms with E-state index in [9.17, 15) is 0 Å². The first-order valence-corrected chi connectivity index (χ1v) is 9.74. The highest BCUT2D eigenvalue weighted by Gasteiger charge is 2.20. The molecule has 0 aliphatic carbocycles. The van der Waals surface area contributed by atoms with Gasteiger partial charge in [0, 0.05) is 39.1 Å². The molecule has 25 heavy (non-hydrogen) atoms. The second-order valence-corrected chi connectivity index (χ2v) is 7.78. The van der Waals surface area contributed by atoms with Gasteiger partial charge in [-0.1, -0.05) is 35.6 Å². The number of thiazole rings is 1. The maximum Gasteiger partial charge on any atom is 0.186 e. The Morgan fingerprint density at radius 3 is 2.80 bits per heavy atom. The van der Waals surface area contributed by atoms with E-state index in [-0.39, 0.29) is 0 Å². The lowest BCUT2D eigenvalue weighted by Crippen LogP contribution is -2.45. The number of fused-ring (bicyclic) bond motifs is 2. The molecule has 5 rings (SSSR count). The zero-order valence-electron chi connectivity index (χ0n) is 14.1. The van der Waals surface area contributed by atoms with Gasteiger partial charge in [-0.05, 0) is 29.3 Å². The smallest absolute Gasteiger partial charge is 0.186 e. The van der Waals surface area contributed by atoms with E-state index in [0.29, 0.717) is 0 Å². The van der Waals surface area contributed by atoms with Crippen LogP contribution in [0.2, 0.25) is 0 Å². The number of nitrogens with zero attached hydrogens (tertiary/aromatic N) is 3. The van der Waals surface area contributed by atoms with Gasteiger partial charge >= 0.3 is 0 Å². The van der Waals surface area contributed by atoms with Gasteiger partial charge in [-0.15, -0.1) is 0 Å². The lowest BCUT2D eigenvalue weighted by molar-refractivity contribution is 0.250. The summed E-state index contributed by atoms with van der Waals surface area (Å²) in [6.45, 7) is 6.13. The largest absolute Gasteiger partial charge is 0.493 e. The summed E-state index contributed by atoms with van der Waals surface area (Å²) in [7, 11) is 0. The van der Waals surface area contributed by atoms with E-state index in [1.165, 1.54) is 15.8 Å². The Hall–Kier alpha value is -2.11. The molecule has 2 aromatic carbocycles. The van der Waals surface area contributed by atoms with Crippen molar-refractivity contribution in [1.29, 1.82) is 0 Å². The van der Waals surface area contributed by atoms with E-state index in [4.69, 9.17) is 9.72 Å². The standard InChI is InChI=1S/C20H21N3OS/c1-2-4-19-17(3-1)21-20(25-19)23-10-8-22(9-11-23)14-15-5-6-18-16(13-15)7-12-24-18/h1-6,13H,7-12,14H2. The van der Waals surface area contributed by atoms with Crippen molar-refractivity contribution in [2.24, 2.45) is 0 Å². The van der Waals surface area contributed by atoms with Crippen molar-refractivity contribution in [3.63, 3.8) is 0 Å². The van der Waals surface area contributed by atoms with E-state index in [1.54, 1.807) is 11.3 Å². The van der Waals surface area contributed by atoms with Crippen molar-refractivity contribution in [2.75, 3.05) is 37.7 Å². The van der Waals surface area contributed by atoms with Crippen LogP contribution < -0.4 is 9.64 Å². The SMILES string of the molecule is c1ccc2sc(N3CCN(Cc4ccc5c(c4)CCO5)CC3)nc2c1. The molecule has 3 heterocycles. The van der Waals surface area contributed by atoms with Crippen molar-refractivity contribution >= 4 is 26.7 Å². The van der Waals surface area contributed by atoms with Gasteiger partial charge in [0.2, 0.25) is 0 Å². The van der Waals surface area contributed by atoms with Crippen molar-refractivity contribution in [3.05, 3.63) is 53.6 Å². The molecule has 1 aromatic heterocycles. The summed E-state index contributed by atoms with van der Waals surface area (Å²) in [5.41, 5.74) is 3.88. The highest BCUT2D eigenvalue weighted by atomic mass is 32.1. The molecule has 0 N–H and O–H groups in total. The minimum Gasteiger partial charge on any atom is -0.493 e. The second kappa shape index (κ2) is 6.32. The van der Waals surface area contributed by atoms with Gasteiger partial charge in [0.05, 0.1) is 16.8 Å². The summed E-state index contributed by atoms with van der Waals surface area (Å²) >= 11 is 1.80. The van der Waals surface area contributed by atoms with Crippen molar-refractivity contribution in [1.82, 2.24) is 9.88 Å². The average Bonchev–Trinajstić information content (AvgIpc) is 3.28. The van der Waals surface area contributed by atoms with Gasteiger partial charge < -0.3 is 9.64 Å². The molecule has 2 aliphatic heterocycles. The number of anilines is 1. The molecule has 0 atom stereocenters. The van der Waals surface area contributed by atoms with Crippen LogP contribution in [0.1, 0.15) is 11.1 Å². The van der Waals surface area contributed by atoms with Gasteiger partial charge in [-0.3, -0.25) is 4.90 Å². The molecule has 1 saturated heterocycles. The summed E-state index contributed by atoms with van der Waals surface area (Å²) in [6.07, 6.45) is 1.05. The molecule has 3 aromatic rings. The molecule has 128 valence electrons. The first kappa shape index (κ1) is 15.2. The van der Waals surface area contributed by atoms with Crippen molar-refractivity contribution in [3.8, 4) is 5.75 Å². The van der Waals surface area contributed by atoms with E-state index >= 15 is 0 Å². The van der Waals surface area contributed by atoms with Crippen LogP contribution in [0, 0.1) is 0 Å². The Bertz CT molecular complexity index is 866. The molecule has 0 saturated carbocycles. The van der Waals surface area contributed by atoms with Gasteiger partial charge in [0.15, 0.2) is 5.13 Å². The number of hydrogen-bond donors (Lipinski definition) is 0. The second-order valence-electron chi connectivity index (χ2n) is 6.77. The minimum atomic E-state index is 0.833. The van der Waals surface area contributed by atoms with Gasteiger partial charge in [-0.2, -0.15) is 0 Å². The fourth-order valence-electron chi connectivity index (χ4n) is 3.69. The summed E-state index contributed by atoms with van der Waals surface area (Å²) in [5.74, 6) is 1.07. The highest BCUT2D eigenvalue weighted by Crippen LogP contribution is 2.30.